The zero-order valence-corrected chi connectivity index (χ0v) is 9.70. The molecule has 4 heteroatoms. The fourth-order valence-electron chi connectivity index (χ4n) is 1.30. The first-order valence-corrected chi connectivity index (χ1v) is 5.43. The van der Waals surface area contributed by atoms with Crippen molar-refractivity contribution in [1.82, 2.24) is 10.2 Å². The molecule has 15 heavy (non-hydrogen) atoms. The van der Waals surface area contributed by atoms with E-state index in [2.05, 4.69) is 36.3 Å². The van der Waals surface area contributed by atoms with Gasteiger partial charge in [-0.15, -0.1) is 5.10 Å². The number of hydrogen-bond donors (Lipinski definition) is 2. The number of nitrogens with two attached hydrogens (primary N) is 1. The molecule has 1 rings (SSSR count). The Kier molecular flexibility index (Phi) is 4.49. The van der Waals surface area contributed by atoms with Gasteiger partial charge in [-0.05, 0) is 37.9 Å². The van der Waals surface area contributed by atoms with E-state index in [0.717, 1.165) is 17.9 Å². The Morgan fingerprint density at radius 1 is 1.27 bits per heavy atom. The molecule has 0 aromatic carbocycles. The molecular weight excluding hydrogens is 188 g/mol. The lowest BCUT2D eigenvalue weighted by Gasteiger charge is -2.13. The maximum absolute atomic E-state index is 5.47. The predicted molar refractivity (Wildman–Crippen MR) is 62.9 cm³/mol. The van der Waals surface area contributed by atoms with Gasteiger partial charge in [-0.2, -0.15) is 5.10 Å². The van der Waals surface area contributed by atoms with Crippen LogP contribution in [0.4, 0.5) is 5.82 Å². The standard InChI is InChI=1S/C11H20N4/c1-8(2)10-4-5-11(15-14-10)13-9(3)6-7-12/h4-5,8-9H,6-7,12H2,1-3H3,(H,13,15). The van der Waals surface area contributed by atoms with Crippen LogP contribution in [0.1, 0.15) is 38.8 Å². The summed E-state index contributed by atoms with van der Waals surface area (Å²) in [5, 5.41) is 11.5. The van der Waals surface area contributed by atoms with E-state index in [1.807, 2.05) is 12.1 Å². The van der Waals surface area contributed by atoms with Gasteiger partial charge in [0.05, 0.1) is 5.69 Å². The van der Waals surface area contributed by atoms with Crippen LogP contribution in [-0.2, 0) is 0 Å². The lowest BCUT2D eigenvalue weighted by Crippen LogP contribution is -2.20. The molecule has 84 valence electrons. The SMILES string of the molecule is CC(CCN)Nc1ccc(C(C)C)nn1. The first-order chi connectivity index (χ1) is 7.13. The third-order valence-corrected chi connectivity index (χ3v) is 2.27. The van der Waals surface area contributed by atoms with Crippen molar-refractivity contribution in [1.29, 1.82) is 0 Å². The summed E-state index contributed by atoms with van der Waals surface area (Å²) in [6.07, 6.45) is 0.938. The topological polar surface area (TPSA) is 63.8 Å². The average Bonchev–Trinajstić information content (AvgIpc) is 2.18. The molecule has 1 aromatic rings. The molecule has 1 aromatic heterocycles. The average molecular weight is 208 g/mol. The maximum atomic E-state index is 5.47. The summed E-state index contributed by atoms with van der Waals surface area (Å²) < 4.78 is 0. The van der Waals surface area contributed by atoms with Crippen LogP contribution < -0.4 is 11.1 Å². The van der Waals surface area contributed by atoms with Crippen LogP contribution in [0.3, 0.4) is 0 Å². The molecule has 0 amide bonds. The molecule has 1 atom stereocenters. The second-order valence-corrected chi connectivity index (χ2v) is 4.12. The Bertz CT molecular complexity index is 281. The van der Waals surface area contributed by atoms with Gasteiger partial charge in [-0.25, -0.2) is 0 Å². The van der Waals surface area contributed by atoms with E-state index in [0.29, 0.717) is 18.5 Å². The van der Waals surface area contributed by atoms with Gasteiger partial charge in [0.25, 0.3) is 0 Å². The number of nitrogens with zero attached hydrogens (tertiary/aromatic N) is 2. The summed E-state index contributed by atoms with van der Waals surface area (Å²) in [6.45, 7) is 6.99. The van der Waals surface area contributed by atoms with E-state index < -0.39 is 0 Å². The smallest absolute Gasteiger partial charge is 0.148 e. The van der Waals surface area contributed by atoms with Gasteiger partial charge < -0.3 is 11.1 Å². The molecular formula is C11H20N4. The highest BCUT2D eigenvalue weighted by molar-refractivity contribution is 5.34. The number of rotatable bonds is 5. The molecule has 0 aliphatic heterocycles. The molecule has 0 spiro atoms. The largest absolute Gasteiger partial charge is 0.366 e. The molecule has 3 N–H and O–H groups in total. The van der Waals surface area contributed by atoms with E-state index in [9.17, 15) is 0 Å². The fourth-order valence-corrected chi connectivity index (χ4v) is 1.30. The first-order valence-electron chi connectivity index (χ1n) is 5.43. The number of anilines is 1. The number of aromatic nitrogens is 2. The van der Waals surface area contributed by atoms with E-state index in [1.54, 1.807) is 0 Å². The summed E-state index contributed by atoms with van der Waals surface area (Å²) in [6, 6.07) is 4.32. The third-order valence-electron chi connectivity index (χ3n) is 2.27. The highest BCUT2D eigenvalue weighted by Crippen LogP contribution is 2.12. The Hall–Kier alpha value is -1.16. The van der Waals surface area contributed by atoms with Gasteiger partial charge >= 0.3 is 0 Å². The zero-order valence-electron chi connectivity index (χ0n) is 9.70. The minimum atomic E-state index is 0.342. The minimum Gasteiger partial charge on any atom is -0.366 e. The molecule has 1 unspecified atom stereocenters. The molecule has 1 heterocycles. The van der Waals surface area contributed by atoms with Gasteiger partial charge in [0, 0.05) is 6.04 Å². The van der Waals surface area contributed by atoms with Gasteiger partial charge in [-0.1, -0.05) is 13.8 Å². The van der Waals surface area contributed by atoms with Crippen LogP contribution in [0.25, 0.3) is 0 Å². The molecule has 0 aliphatic carbocycles. The molecule has 0 radical (unpaired) electrons. The second kappa shape index (κ2) is 5.66. The van der Waals surface area contributed by atoms with Crippen molar-refractivity contribution < 1.29 is 0 Å². The molecule has 0 saturated carbocycles. The van der Waals surface area contributed by atoms with Crippen LogP contribution in [0, 0.1) is 0 Å². The van der Waals surface area contributed by atoms with Crippen LogP contribution in [0.15, 0.2) is 12.1 Å². The van der Waals surface area contributed by atoms with Gasteiger partial charge in [0.2, 0.25) is 0 Å². The van der Waals surface area contributed by atoms with Crippen LogP contribution in [0.5, 0.6) is 0 Å². The molecule has 0 aliphatic rings. The van der Waals surface area contributed by atoms with Crippen molar-refractivity contribution in [2.45, 2.75) is 39.2 Å². The number of nitrogens with one attached hydrogen (secondary N) is 1. The predicted octanol–water partition coefficient (Wildman–Crippen LogP) is 1.75. The lowest BCUT2D eigenvalue weighted by molar-refractivity contribution is 0.707. The highest BCUT2D eigenvalue weighted by atomic mass is 15.2. The van der Waals surface area contributed by atoms with Crippen LogP contribution in [-0.4, -0.2) is 22.8 Å². The Balaban J connectivity index is 2.56. The Morgan fingerprint density at radius 2 is 2.00 bits per heavy atom. The fraction of sp³-hybridized carbons (Fsp3) is 0.636. The molecule has 4 nitrogen and oxygen atoms in total. The Morgan fingerprint density at radius 3 is 2.47 bits per heavy atom. The van der Waals surface area contributed by atoms with E-state index >= 15 is 0 Å². The zero-order chi connectivity index (χ0) is 11.3. The Labute approximate surface area is 91.3 Å². The van der Waals surface area contributed by atoms with E-state index in [1.165, 1.54) is 0 Å². The second-order valence-electron chi connectivity index (χ2n) is 4.12. The van der Waals surface area contributed by atoms with Crippen molar-refractivity contribution in [2.24, 2.45) is 5.73 Å². The summed E-state index contributed by atoms with van der Waals surface area (Å²) in [7, 11) is 0. The van der Waals surface area contributed by atoms with Crippen molar-refractivity contribution in [2.75, 3.05) is 11.9 Å². The van der Waals surface area contributed by atoms with Crippen molar-refractivity contribution >= 4 is 5.82 Å². The summed E-state index contributed by atoms with van der Waals surface area (Å²) >= 11 is 0. The normalized spacial score (nSPS) is 12.9. The van der Waals surface area contributed by atoms with Crippen molar-refractivity contribution in [3.05, 3.63) is 17.8 Å². The summed E-state index contributed by atoms with van der Waals surface area (Å²) in [5.41, 5.74) is 6.49. The third kappa shape index (κ3) is 3.83. The molecule has 0 fully saturated rings. The highest BCUT2D eigenvalue weighted by Gasteiger charge is 2.04. The van der Waals surface area contributed by atoms with Gasteiger partial charge in [0.15, 0.2) is 0 Å². The quantitative estimate of drug-likeness (QED) is 0.773. The van der Waals surface area contributed by atoms with Crippen LogP contribution >= 0.6 is 0 Å². The number of hydrogen-bond acceptors (Lipinski definition) is 4. The first kappa shape index (κ1) is 11.9. The molecule has 0 saturated heterocycles. The van der Waals surface area contributed by atoms with E-state index in [-0.39, 0.29) is 0 Å². The van der Waals surface area contributed by atoms with Crippen molar-refractivity contribution in [3.63, 3.8) is 0 Å². The summed E-state index contributed by atoms with van der Waals surface area (Å²) in [4.78, 5) is 0. The van der Waals surface area contributed by atoms with Crippen molar-refractivity contribution in [3.8, 4) is 0 Å². The maximum Gasteiger partial charge on any atom is 0.148 e. The van der Waals surface area contributed by atoms with Crippen LogP contribution in [0.2, 0.25) is 0 Å². The summed E-state index contributed by atoms with van der Waals surface area (Å²) in [5.74, 6) is 1.24. The minimum absolute atomic E-state index is 0.342. The van der Waals surface area contributed by atoms with Gasteiger partial charge in [0.1, 0.15) is 5.82 Å². The van der Waals surface area contributed by atoms with E-state index in [4.69, 9.17) is 5.73 Å². The lowest BCUT2D eigenvalue weighted by atomic mass is 10.1. The van der Waals surface area contributed by atoms with Gasteiger partial charge in [-0.3, -0.25) is 0 Å². The monoisotopic (exact) mass is 208 g/mol. The molecule has 0 bridgehead atoms.